The number of rotatable bonds is 3. The van der Waals surface area contributed by atoms with E-state index in [1.165, 1.54) is 5.56 Å². The summed E-state index contributed by atoms with van der Waals surface area (Å²) >= 11 is 0. The largest absolute Gasteiger partial charge is 0.485 e. The second-order valence-electron chi connectivity index (χ2n) is 5.32. The first-order valence-corrected chi connectivity index (χ1v) is 6.88. The predicted octanol–water partition coefficient (Wildman–Crippen LogP) is 3.32. The monoisotopic (exact) mass is 271 g/mol. The Hall–Kier alpha value is -1.87. The van der Waals surface area contributed by atoms with Gasteiger partial charge in [0.25, 0.3) is 0 Å². The number of hydrogen-bond donors (Lipinski definition) is 1. The molecule has 0 saturated carbocycles. The van der Waals surface area contributed by atoms with Crippen molar-refractivity contribution in [3.8, 4) is 16.9 Å². The van der Waals surface area contributed by atoms with Gasteiger partial charge in [0.05, 0.1) is 0 Å². The van der Waals surface area contributed by atoms with Crippen LogP contribution in [0.3, 0.4) is 0 Å². The van der Waals surface area contributed by atoms with Gasteiger partial charge in [0, 0.05) is 18.5 Å². The van der Waals surface area contributed by atoms with E-state index in [0.29, 0.717) is 5.75 Å². The van der Waals surface area contributed by atoms with Gasteiger partial charge < -0.3 is 10.1 Å². The average molecular weight is 271 g/mol. The Morgan fingerprint density at radius 2 is 2.10 bits per heavy atom. The molecule has 1 unspecified atom stereocenters. The normalized spacial score (nSPS) is 16.9. The Kier molecular flexibility index (Phi) is 3.45. The summed E-state index contributed by atoms with van der Waals surface area (Å²) in [7, 11) is 1.88. The third-order valence-corrected chi connectivity index (χ3v) is 3.64. The summed E-state index contributed by atoms with van der Waals surface area (Å²) in [6.45, 7) is 2.77. The maximum Gasteiger partial charge on any atom is 0.165 e. The predicted molar refractivity (Wildman–Crippen MR) is 78.6 cm³/mol. The molecule has 2 nitrogen and oxygen atoms in total. The number of nitrogens with one attached hydrogen (secondary N) is 1. The molecule has 0 radical (unpaired) electrons. The SMILES string of the molecule is CNCC1Cc2cc(-c3cccc(C)c3)cc(F)c2O1. The second kappa shape index (κ2) is 5.25. The molecule has 1 aliphatic rings. The molecule has 3 heteroatoms. The topological polar surface area (TPSA) is 21.3 Å². The van der Waals surface area contributed by atoms with Crippen LogP contribution in [-0.2, 0) is 6.42 Å². The first-order chi connectivity index (χ1) is 9.67. The van der Waals surface area contributed by atoms with Gasteiger partial charge in [0.1, 0.15) is 6.10 Å². The summed E-state index contributed by atoms with van der Waals surface area (Å²) in [5.41, 5.74) is 4.09. The van der Waals surface area contributed by atoms with E-state index in [9.17, 15) is 4.39 Å². The zero-order valence-electron chi connectivity index (χ0n) is 11.7. The van der Waals surface area contributed by atoms with Crippen LogP contribution in [0.2, 0.25) is 0 Å². The van der Waals surface area contributed by atoms with Gasteiger partial charge in [-0.3, -0.25) is 0 Å². The summed E-state index contributed by atoms with van der Waals surface area (Å²) in [5.74, 6) is 0.152. The summed E-state index contributed by atoms with van der Waals surface area (Å²) < 4.78 is 19.9. The highest BCUT2D eigenvalue weighted by atomic mass is 19.1. The fourth-order valence-electron chi connectivity index (χ4n) is 2.72. The van der Waals surface area contributed by atoms with Gasteiger partial charge in [-0.2, -0.15) is 0 Å². The molecule has 0 aliphatic carbocycles. The fraction of sp³-hybridized carbons (Fsp3) is 0.294. The molecule has 1 N–H and O–H groups in total. The molecular formula is C17H18FNO. The van der Waals surface area contributed by atoms with Crippen molar-refractivity contribution in [2.75, 3.05) is 13.6 Å². The molecule has 104 valence electrons. The number of hydrogen-bond acceptors (Lipinski definition) is 2. The molecule has 0 fully saturated rings. The third-order valence-electron chi connectivity index (χ3n) is 3.64. The molecular weight excluding hydrogens is 253 g/mol. The zero-order valence-corrected chi connectivity index (χ0v) is 11.7. The van der Waals surface area contributed by atoms with Crippen LogP contribution in [0.15, 0.2) is 36.4 Å². The lowest BCUT2D eigenvalue weighted by atomic mass is 9.99. The van der Waals surface area contributed by atoms with Crippen LogP contribution >= 0.6 is 0 Å². The number of halogens is 1. The van der Waals surface area contributed by atoms with Gasteiger partial charge in [-0.1, -0.05) is 29.8 Å². The lowest BCUT2D eigenvalue weighted by Gasteiger charge is -2.09. The van der Waals surface area contributed by atoms with Crippen LogP contribution in [0.1, 0.15) is 11.1 Å². The van der Waals surface area contributed by atoms with E-state index < -0.39 is 0 Å². The number of likely N-dealkylation sites (N-methyl/N-ethyl adjacent to an activating group) is 1. The first kappa shape index (κ1) is 13.1. The van der Waals surface area contributed by atoms with Crippen molar-refractivity contribution in [1.82, 2.24) is 5.32 Å². The molecule has 3 rings (SSSR count). The van der Waals surface area contributed by atoms with Gasteiger partial charge in [-0.25, -0.2) is 4.39 Å². The molecule has 0 spiro atoms. The summed E-state index contributed by atoms with van der Waals surface area (Å²) in [5, 5.41) is 3.07. The smallest absolute Gasteiger partial charge is 0.165 e. The molecule has 1 heterocycles. The Labute approximate surface area is 118 Å². The molecule has 1 atom stereocenters. The molecule has 2 aromatic rings. The highest BCUT2D eigenvalue weighted by molar-refractivity contribution is 5.67. The highest BCUT2D eigenvalue weighted by Crippen LogP contribution is 2.35. The van der Waals surface area contributed by atoms with E-state index in [1.54, 1.807) is 6.07 Å². The van der Waals surface area contributed by atoms with E-state index in [1.807, 2.05) is 38.2 Å². The van der Waals surface area contributed by atoms with Crippen molar-refractivity contribution < 1.29 is 9.13 Å². The van der Waals surface area contributed by atoms with E-state index in [2.05, 4.69) is 11.4 Å². The van der Waals surface area contributed by atoms with Gasteiger partial charge in [0.15, 0.2) is 11.6 Å². The molecule has 0 saturated heterocycles. The standard InChI is InChI=1S/C17H18FNO/c1-11-4-3-5-12(6-11)13-7-14-8-15(10-19-2)20-17(14)16(18)9-13/h3-7,9,15,19H,8,10H2,1-2H3. The second-order valence-corrected chi connectivity index (χ2v) is 5.32. The Balaban J connectivity index is 1.97. The lowest BCUT2D eigenvalue weighted by molar-refractivity contribution is 0.223. The van der Waals surface area contributed by atoms with Crippen molar-refractivity contribution in [3.05, 3.63) is 53.3 Å². The first-order valence-electron chi connectivity index (χ1n) is 6.88. The van der Waals surface area contributed by atoms with Gasteiger partial charge in [-0.05, 0) is 37.2 Å². The minimum Gasteiger partial charge on any atom is -0.485 e. The van der Waals surface area contributed by atoms with Crippen molar-refractivity contribution in [2.45, 2.75) is 19.4 Å². The van der Waals surface area contributed by atoms with Crippen molar-refractivity contribution in [2.24, 2.45) is 0 Å². The molecule has 20 heavy (non-hydrogen) atoms. The van der Waals surface area contributed by atoms with Crippen LogP contribution in [0, 0.1) is 12.7 Å². The van der Waals surface area contributed by atoms with E-state index >= 15 is 0 Å². The van der Waals surface area contributed by atoms with Crippen molar-refractivity contribution in [1.29, 1.82) is 0 Å². The minimum atomic E-state index is -0.266. The van der Waals surface area contributed by atoms with Crippen LogP contribution < -0.4 is 10.1 Å². The van der Waals surface area contributed by atoms with Crippen LogP contribution in [0.5, 0.6) is 5.75 Å². The Morgan fingerprint density at radius 3 is 2.85 bits per heavy atom. The fourth-order valence-corrected chi connectivity index (χ4v) is 2.72. The molecule has 0 bridgehead atoms. The van der Waals surface area contributed by atoms with Gasteiger partial charge in [0.2, 0.25) is 0 Å². The number of ether oxygens (including phenoxy) is 1. The summed E-state index contributed by atoms with van der Waals surface area (Å²) in [6.07, 6.45) is 0.782. The van der Waals surface area contributed by atoms with Gasteiger partial charge in [-0.15, -0.1) is 0 Å². The minimum absolute atomic E-state index is 0.0252. The van der Waals surface area contributed by atoms with E-state index in [-0.39, 0.29) is 11.9 Å². The number of benzene rings is 2. The maximum atomic E-state index is 14.2. The number of aryl methyl sites for hydroxylation is 1. The van der Waals surface area contributed by atoms with Gasteiger partial charge >= 0.3 is 0 Å². The van der Waals surface area contributed by atoms with E-state index in [0.717, 1.165) is 29.7 Å². The van der Waals surface area contributed by atoms with Crippen molar-refractivity contribution >= 4 is 0 Å². The molecule has 0 amide bonds. The third kappa shape index (κ3) is 2.41. The lowest BCUT2D eigenvalue weighted by Crippen LogP contribution is -2.27. The Bertz CT molecular complexity index is 639. The maximum absolute atomic E-state index is 14.2. The zero-order chi connectivity index (χ0) is 14.1. The van der Waals surface area contributed by atoms with Crippen LogP contribution in [0.25, 0.3) is 11.1 Å². The van der Waals surface area contributed by atoms with Crippen LogP contribution in [0.4, 0.5) is 4.39 Å². The van der Waals surface area contributed by atoms with E-state index in [4.69, 9.17) is 4.74 Å². The quantitative estimate of drug-likeness (QED) is 0.924. The van der Waals surface area contributed by atoms with Crippen LogP contribution in [-0.4, -0.2) is 19.7 Å². The molecule has 0 aromatic heterocycles. The molecule has 1 aliphatic heterocycles. The Morgan fingerprint density at radius 1 is 1.25 bits per heavy atom. The van der Waals surface area contributed by atoms with Crippen molar-refractivity contribution in [3.63, 3.8) is 0 Å². The summed E-state index contributed by atoms with van der Waals surface area (Å²) in [4.78, 5) is 0. The number of fused-ring (bicyclic) bond motifs is 1. The molecule has 2 aromatic carbocycles. The summed E-state index contributed by atoms with van der Waals surface area (Å²) in [6, 6.07) is 11.7. The average Bonchev–Trinajstić information content (AvgIpc) is 2.82. The highest BCUT2D eigenvalue weighted by Gasteiger charge is 2.26.